The first-order valence-electron chi connectivity index (χ1n) is 6.96. The predicted octanol–water partition coefficient (Wildman–Crippen LogP) is 3.35. The van der Waals surface area contributed by atoms with Crippen molar-refractivity contribution in [2.75, 3.05) is 5.32 Å². The van der Waals surface area contributed by atoms with Gasteiger partial charge in [0.15, 0.2) is 5.76 Å². The second-order valence-electron chi connectivity index (χ2n) is 4.90. The molecule has 2 amide bonds. The molecule has 0 unspecified atom stereocenters. The van der Waals surface area contributed by atoms with Gasteiger partial charge in [-0.05, 0) is 36.4 Å². The highest BCUT2D eigenvalue weighted by molar-refractivity contribution is 6.30. The zero-order valence-corrected chi connectivity index (χ0v) is 13.1. The van der Waals surface area contributed by atoms with Crippen molar-refractivity contribution in [1.29, 1.82) is 0 Å². The van der Waals surface area contributed by atoms with E-state index < -0.39 is 11.8 Å². The molecule has 2 aromatic carbocycles. The van der Waals surface area contributed by atoms with Crippen LogP contribution in [-0.4, -0.2) is 16.8 Å². The van der Waals surface area contributed by atoms with Gasteiger partial charge in [0.25, 0.3) is 11.8 Å². The normalized spacial score (nSPS) is 10.4. The van der Waals surface area contributed by atoms with E-state index in [1.54, 1.807) is 42.5 Å². The van der Waals surface area contributed by atoms with Gasteiger partial charge in [-0.2, -0.15) is 0 Å². The second-order valence-corrected chi connectivity index (χ2v) is 5.34. The first-order chi connectivity index (χ1) is 11.5. The van der Waals surface area contributed by atoms with E-state index >= 15 is 0 Å². The third-order valence-electron chi connectivity index (χ3n) is 3.27. The molecule has 3 rings (SSSR count). The summed E-state index contributed by atoms with van der Waals surface area (Å²) in [6, 6.07) is 13.4. The van der Waals surface area contributed by atoms with Gasteiger partial charge in [0.1, 0.15) is 0 Å². The number of nitrogens with zero attached hydrogens (tertiary/aromatic N) is 1. The number of primary amides is 1. The monoisotopic (exact) mass is 341 g/mol. The first kappa shape index (κ1) is 15.8. The van der Waals surface area contributed by atoms with Crippen LogP contribution in [0, 0.1) is 0 Å². The number of hydrogen-bond donors (Lipinski definition) is 2. The Bertz CT molecular complexity index is 903. The van der Waals surface area contributed by atoms with Crippen molar-refractivity contribution in [3.63, 3.8) is 0 Å². The predicted molar refractivity (Wildman–Crippen MR) is 89.9 cm³/mol. The first-order valence-corrected chi connectivity index (χ1v) is 7.34. The van der Waals surface area contributed by atoms with Gasteiger partial charge in [-0.25, -0.2) is 4.98 Å². The maximum atomic E-state index is 12.2. The molecule has 0 atom stereocenters. The van der Waals surface area contributed by atoms with E-state index in [0.717, 1.165) is 5.56 Å². The summed E-state index contributed by atoms with van der Waals surface area (Å²) in [6.07, 6.45) is 1.44. The Labute approximate surface area is 142 Å². The number of hydrogen-bond acceptors (Lipinski definition) is 4. The molecular formula is C17H12ClN3O3. The summed E-state index contributed by atoms with van der Waals surface area (Å²) in [6.45, 7) is 0. The maximum Gasteiger partial charge on any atom is 0.311 e. The van der Waals surface area contributed by atoms with E-state index in [1.165, 1.54) is 12.3 Å². The van der Waals surface area contributed by atoms with Crippen molar-refractivity contribution in [1.82, 2.24) is 4.98 Å². The average molecular weight is 342 g/mol. The van der Waals surface area contributed by atoms with Crippen LogP contribution >= 0.6 is 11.6 Å². The molecule has 7 heteroatoms. The Morgan fingerprint density at radius 2 is 1.79 bits per heavy atom. The van der Waals surface area contributed by atoms with E-state index in [2.05, 4.69) is 10.3 Å². The van der Waals surface area contributed by atoms with Crippen LogP contribution in [0.3, 0.4) is 0 Å². The van der Waals surface area contributed by atoms with Gasteiger partial charge < -0.3 is 15.5 Å². The number of aromatic nitrogens is 1. The fourth-order valence-electron chi connectivity index (χ4n) is 2.11. The van der Waals surface area contributed by atoms with Crippen LogP contribution in [0.1, 0.15) is 21.0 Å². The molecule has 0 saturated heterocycles. The lowest BCUT2D eigenvalue weighted by atomic mass is 10.1. The van der Waals surface area contributed by atoms with Crippen LogP contribution < -0.4 is 11.1 Å². The molecule has 3 N–H and O–H groups in total. The van der Waals surface area contributed by atoms with Crippen LogP contribution in [-0.2, 0) is 0 Å². The van der Waals surface area contributed by atoms with Gasteiger partial charge in [-0.3, -0.25) is 9.59 Å². The van der Waals surface area contributed by atoms with Crippen LogP contribution in [0.4, 0.5) is 5.69 Å². The van der Waals surface area contributed by atoms with E-state index in [1.807, 2.05) is 0 Å². The summed E-state index contributed by atoms with van der Waals surface area (Å²) in [7, 11) is 0. The molecule has 0 radical (unpaired) electrons. The topological polar surface area (TPSA) is 98.2 Å². The Hall–Kier alpha value is -3.12. The highest BCUT2D eigenvalue weighted by Gasteiger charge is 2.17. The fraction of sp³-hybridized carbons (Fsp3) is 0. The third-order valence-corrected chi connectivity index (χ3v) is 3.52. The number of benzene rings is 2. The van der Waals surface area contributed by atoms with Crippen molar-refractivity contribution in [3.05, 3.63) is 71.2 Å². The number of carbonyl (C=O) groups is 2. The number of oxazole rings is 1. The van der Waals surface area contributed by atoms with E-state index in [0.29, 0.717) is 16.5 Å². The van der Waals surface area contributed by atoms with Gasteiger partial charge in [0.2, 0.25) is 0 Å². The third kappa shape index (κ3) is 3.28. The second kappa shape index (κ2) is 6.55. The van der Waals surface area contributed by atoms with Crippen LogP contribution in [0.25, 0.3) is 11.3 Å². The maximum absolute atomic E-state index is 12.2. The highest BCUT2D eigenvalue weighted by atomic mass is 35.5. The number of nitrogens with two attached hydrogens (primary N) is 1. The molecular weight excluding hydrogens is 330 g/mol. The van der Waals surface area contributed by atoms with Crippen molar-refractivity contribution in [2.24, 2.45) is 5.73 Å². The summed E-state index contributed by atoms with van der Waals surface area (Å²) < 4.78 is 5.46. The number of nitrogens with one attached hydrogen (secondary N) is 1. The molecule has 0 aliphatic heterocycles. The van der Waals surface area contributed by atoms with Gasteiger partial charge in [-0.15, -0.1) is 0 Å². The molecule has 0 aliphatic carbocycles. The van der Waals surface area contributed by atoms with Gasteiger partial charge >= 0.3 is 5.91 Å². The zero-order valence-electron chi connectivity index (χ0n) is 12.3. The van der Waals surface area contributed by atoms with Gasteiger partial charge in [-0.1, -0.05) is 23.7 Å². The molecule has 1 heterocycles. The van der Waals surface area contributed by atoms with Crippen LogP contribution in [0.5, 0.6) is 0 Å². The molecule has 0 spiro atoms. The van der Waals surface area contributed by atoms with Crippen molar-refractivity contribution < 1.29 is 14.0 Å². The Balaban J connectivity index is 1.82. The minimum atomic E-state index is -0.639. The number of para-hydroxylation sites is 1. The lowest BCUT2D eigenvalue weighted by Gasteiger charge is -2.06. The van der Waals surface area contributed by atoms with Crippen molar-refractivity contribution >= 4 is 29.1 Å². The minimum absolute atomic E-state index is 0.126. The number of carbonyl (C=O) groups excluding carboxylic acids is 2. The highest BCUT2D eigenvalue weighted by Crippen LogP contribution is 2.23. The smallest absolute Gasteiger partial charge is 0.311 e. The number of halogens is 1. The minimum Gasteiger partial charge on any atom is -0.432 e. The summed E-state index contributed by atoms with van der Waals surface area (Å²) in [5.41, 5.74) is 6.52. The standard InChI is InChI=1S/C17H12ClN3O3/c18-11-7-5-10(6-8-11)14-9-20-17(24-14)16(23)21-13-4-2-1-3-12(13)15(19)22/h1-9H,(H2,19,22)(H,21,23). The number of anilines is 1. The molecule has 120 valence electrons. The molecule has 0 bridgehead atoms. The van der Waals surface area contributed by atoms with Crippen LogP contribution in [0.2, 0.25) is 5.02 Å². The summed E-state index contributed by atoms with van der Waals surface area (Å²) in [5, 5.41) is 3.16. The molecule has 3 aromatic rings. The van der Waals surface area contributed by atoms with E-state index in [9.17, 15) is 9.59 Å². The fourth-order valence-corrected chi connectivity index (χ4v) is 2.24. The molecule has 0 fully saturated rings. The zero-order chi connectivity index (χ0) is 17.1. The Kier molecular flexibility index (Phi) is 4.31. The largest absolute Gasteiger partial charge is 0.432 e. The number of rotatable bonds is 4. The molecule has 0 aliphatic rings. The van der Waals surface area contributed by atoms with Crippen molar-refractivity contribution in [2.45, 2.75) is 0 Å². The quantitative estimate of drug-likeness (QED) is 0.760. The van der Waals surface area contributed by atoms with Crippen molar-refractivity contribution in [3.8, 4) is 11.3 Å². The summed E-state index contributed by atoms with van der Waals surface area (Å²) in [4.78, 5) is 27.6. The Morgan fingerprint density at radius 1 is 1.08 bits per heavy atom. The Morgan fingerprint density at radius 3 is 2.50 bits per heavy atom. The average Bonchev–Trinajstić information content (AvgIpc) is 3.06. The summed E-state index contributed by atoms with van der Waals surface area (Å²) >= 11 is 5.84. The summed E-state index contributed by atoms with van der Waals surface area (Å²) in [5.74, 6) is -0.914. The van der Waals surface area contributed by atoms with Crippen LogP contribution in [0.15, 0.2) is 59.1 Å². The van der Waals surface area contributed by atoms with E-state index in [4.69, 9.17) is 21.8 Å². The molecule has 0 saturated carbocycles. The SMILES string of the molecule is NC(=O)c1ccccc1NC(=O)c1ncc(-c2ccc(Cl)cc2)o1. The van der Waals surface area contributed by atoms with E-state index in [-0.39, 0.29) is 11.5 Å². The molecule has 24 heavy (non-hydrogen) atoms. The van der Waals surface area contributed by atoms with Gasteiger partial charge in [0, 0.05) is 10.6 Å². The lowest BCUT2D eigenvalue weighted by Crippen LogP contribution is -2.18. The lowest BCUT2D eigenvalue weighted by molar-refractivity contribution is 0.0991. The van der Waals surface area contributed by atoms with Gasteiger partial charge in [0.05, 0.1) is 17.4 Å². The number of amides is 2. The molecule has 1 aromatic heterocycles. The molecule has 6 nitrogen and oxygen atoms in total.